The summed E-state index contributed by atoms with van der Waals surface area (Å²) in [5.74, 6) is 0.701. The van der Waals surface area contributed by atoms with Gasteiger partial charge in [0, 0.05) is 18.8 Å². The molecular weight excluding hydrogens is 200 g/mol. The number of hydrogen-bond acceptors (Lipinski definition) is 3. The van der Waals surface area contributed by atoms with Crippen molar-refractivity contribution in [2.45, 2.75) is 34.6 Å². The third kappa shape index (κ3) is 15.9. The molecule has 0 unspecified atom stereocenters. The van der Waals surface area contributed by atoms with E-state index in [9.17, 15) is 0 Å². The second kappa shape index (κ2) is 14.5. The highest BCUT2D eigenvalue weighted by Crippen LogP contribution is 1.87. The minimum atomic E-state index is 0.608. The van der Waals surface area contributed by atoms with E-state index in [1.54, 1.807) is 0 Å². The molecule has 0 saturated heterocycles. The molecule has 0 saturated carbocycles. The molecule has 0 heterocycles. The summed E-state index contributed by atoms with van der Waals surface area (Å²) in [6, 6.07) is 0. The number of rotatable bonds is 9. The van der Waals surface area contributed by atoms with Crippen LogP contribution in [-0.4, -0.2) is 32.8 Å². The van der Waals surface area contributed by atoms with Crippen molar-refractivity contribution in [2.75, 3.05) is 32.8 Å². The van der Waals surface area contributed by atoms with Crippen molar-refractivity contribution >= 4 is 0 Å². The van der Waals surface area contributed by atoms with Gasteiger partial charge in [-0.15, -0.1) is 0 Å². The van der Waals surface area contributed by atoms with Gasteiger partial charge in [-0.3, -0.25) is 0 Å². The molecule has 0 aromatic carbocycles. The highest BCUT2D eigenvalue weighted by atomic mass is 16.5. The van der Waals surface area contributed by atoms with Gasteiger partial charge < -0.3 is 15.4 Å². The van der Waals surface area contributed by atoms with E-state index in [2.05, 4.69) is 38.0 Å². The van der Waals surface area contributed by atoms with E-state index in [1.807, 2.05) is 13.8 Å². The predicted molar refractivity (Wildman–Crippen MR) is 72.7 cm³/mol. The van der Waals surface area contributed by atoms with Crippen molar-refractivity contribution in [3.63, 3.8) is 0 Å². The van der Waals surface area contributed by atoms with E-state index < -0.39 is 0 Å². The largest absolute Gasteiger partial charge is 0.387 e. The van der Waals surface area contributed by atoms with Gasteiger partial charge in [0.15, 0.2) is 0 Å². The minimum Gasteiger partial charge on any atom is -0.387 e. The smallest absolute Gasteiger partial charge is 0.0857 e. The number of hydrogen-bond donors (Lipinski definition) is 2. The van der Waals surface area contributed by atoms with Crippen LogP contribution in [0, 0.1) is 5.92 Å². The van der Waals surface area contributed by atoms with Gasteiger partial charge in [-0.2, -0.15) is 0 Å². The Morgan fingerprint density at radius 3 is 2.44 bits per heavy atom. The van der Waals surface area contributed by atoms with Crippen LogP contribution in [-0.2, 0) is 4.74 Å². The first-order chi connectivity index (χ1) is 7.66. The number of ether oxygens (including phenoxy) is 1. The van der Waals surface area contributed by atoms with Gasteiger partial charge in [-0.1, -0.05) is 34.3 Å². The van der Waals surface area contributed by atoms with Gasteiger partial charge >= 0.3 is 0 Å². The SMILES string of the molecule is C=C(COCCNCC(C)C)NCC.CC. The van der Waals surface area contributed by atoms with Crippen LogP contribution in [0.15, 0.2) is 12.3 Å². The molecule has 0 radical (unpaired) electrons. The Hall–Kier alpha value is -0.540. The van der Waals surface area contributed by atoms with E-state index >= 15 is 0 Å². The molecule has 0 fully saturated rings. The number of nitrogens with one attached hydrogen (secondary N) is 2. The molecule has 0 atom stereocenters. The first-order valence-corrected chi connectivity index (χ1v) is 6.37. The molecule has 0 bridgehead atoms. The lowest BCUT2D eigenvalue weighted by Crippen LogP contribution is -2.25. The Bertz CT molecular complexity index is 147. The van der Waals surface area contributed by atoms with E-state index in [-0.39, 0.29) is 0 Å². The second-order valence-electron chi connectivity index (χ2n) is 3.78. The maximum Gasteiger partial charge on any atom is 0.0857 e. The predicted octanol–water partition coefficient (Wildman–Crippen LogP) is 2.40. The highest BCUT2D eigenvalue weighted by molar-refractivity contribution is 4.90. The summed E-state index contributed by atoms with van der Waals surface area (Å²) in [5.41, 5.74) is 0.955. The topological polar surface area (TPSA) is 33.3 Å². The molecule has 0 aromatic rings. The zero-order valence-corrected chi connectivity index (χ0v) is 11.7. The molecule has 0 amide bonds. The van der Waals surface area contributed by atoms with Crippen molar-refractivity contribution in [1.82, 2.24) is 10.6 Å². The standard InChI is InChI=1S/C11H24N2O.C2H6/c1-5-13-11(4)9-14-7-6-12-8-10(2)3;1-2/h10,12-13H,4-9H2,1-3H3;1-2H3. The second-order valence-corrected chi connectivity index (χ2v) is 3.78. The molecule has 0 aliphatic carbocycles. The van der Waals surface area contributed by atoms with Crippen LogP contribution in [0.5, 0.6) is 0 Å². The maximum atomic E-state index is 5.41. The van der Waals surface area contributed by atoms with Gasteiger partial charge in [0.05, 0.1) is 13.2 Å². The summed E-state index contributed by atoms with van der Waals surface area (Å²) < 4.78 is 5.41. The van der Waals surface area contributed by atoms with E-state index in [0.29, 0.717) is 12.5 Å². The van der Waals surface area contributed by atoms with Crippen LogP contribution in [0.4, 0.5) is 0 Å². The average molecular weight is 230 g/mol. The Kier molecular flexibility index (Phi) is 16.1. The van der Waals surface area contributed by atoms with E-state index in [1.165, 1.54) is 0 Å². The lowest BCUT2D eigenvalue weighted by Gasteiger charge is -2.09. The molecule has 2 N–H and O–H groups in total. The molecule has 3 nitrogen and oxygen atoms in total. The van der Waals surface area contributed by atoms with Gasteiger partial charge in [0.1, 0.15) is 0 Å². The maximum absolute atomic E-state index is 5.41. The normalized spacial score (nSPS) is 9.62. The lowest BCUT2D eigenvalue weighted by atomic mass is 10.2. The van der Waals surface area contributed by atoms with Crippen molar-refractivity contribution in [3.05, 3.63) is 12.3 Å². The Labute approximate surface area is 102 Å². The Morgan fingerprint density at radius 2 is 1.94 bits per heavy atom. The summed E-state index contributed by atoms with van der Waals surface area (Å²) in [6.45, 7) is 18.5. The van der Waals surface area contributed by atoms with Crippen LogP contribution in [0.25, 0.3) is 0 Å². The van der Waals surface area contributed by atoms with Crippen LogP contribution in [0.3, 0.4) is 0 Å². The average Bonchev–Trinajstić information content (AvgIpc) is 2.26. The fraction of sp³-hybridized carbons (Fsp3) is 0.846. The van der Waals surface area contributed by atoms with Gasteiger partial charge in [-0.25, -0.2) is 0 Å². The number of likely N-dealkylation sites (N-methyl/N-ethyl adjacent to an activating group) is 1. The minimum absolute atomic E-state index is 0.608. The first-order valence-electron chi connectivity index (χ1n) is 6.37. The third-order valence-corrected chi connectivity index (χ3v) is 1.68. The first kappa shape index (κ1) is 17.8. The summed E-state index contributed by atoms with van der Waals surface area (Å²) in [6.07, 6.45) is 0. The van der Waals surface area contributed by atoms with Crippen LogP contribution >= 0.6 is 0 Å². The van der Waals surface area contributed by atoms with Gasteiger partial charge in [0.25, 0.3) is 0 Å². The molecule has 0 aliphatic rings. The molecule has 98 valence electrons. The molecular formula is C13H30N2O. The van der Waals surface area contributed by atoms with Crippen LogP contribution in [0.1, 0.15) is 34.6 Å². The quantitative estimate of drug-likeness (QED) is 0.597. The van der Waals surface area contributed by atoms with Crippen molar-refractivity contribution in [1.29, 1.82) is 0 Å². The molecule has 0 aromatic heterocycles. The zero-order valence-electron chi connectivity index (χ0n) is 11.7. The molecule has 0 spiro atoms. The van der Waals surface area contributed by atoms with Crippen molar-refractivity contribution in [3.8, 4) is 0 Å². The summed E-state index contributed by atoms with van der Waals surface area (Å²) in [7, 11) is 0. The van der Waals surface area contributed by atoms with Gasteiger partial charge in [0.2, 0.25) is 0 Å². The lowest BCUT2D eigenvalue weighted by molar-refractivity contribution is 0.153. The zero-order chi connectivity index (χ0) is 12.8. The molecule has 16 heavy (non-hydrogen) atoms. The highest BCUT2D eigenvalue weighted by Gasteiger charge is 1.94. The fourth-order valence-electron chi connectivity index (χ4n) is 1.03. The summed E-state index contributed by atoms with van der Waals surface area (Å²) in [5, 5.41) is 6.43. The van der Waals surface area contributed by atoms with Crippen LogP contribution in [0.2, 0.25) is 0 Å². The monoisotopic (exact) mass is 230 g/mol. The van der Waals surface area contributed by atoms with Gasteiger partial charge in [-0.05, 0) is 19.4 Å². The van der Waals surface area contributed by atoms with E-state index in [0.717, 1.165) is 31.9 Å². The third-order valence-electron chi connectivity index (χ3n) is 1.68. The Morgan fingerprint density at radius 1 is 1.31 bits per heavy atom. The summed E-state index contributed by atoms with van der Waals surface area (Å²) in [4.78, 5) is 0. The fourth-order valence-corrected chi connectivity index (χ4v) is 1.03. The molecule has 3 heteroatoms. The van der Waals surface area contributed by atoms with Crippen molar-refractivity contribution in [2.24, 2.45) is 5.92 Å². The molecule has 0 aliphatic heterocycles. The van der Waals surface area contributed by atoms with E-state index in [4.69, 9.17) is 4.74 Å². The Balaban J connectivity index is 0. The van der Waals surface area contributed by atoms with Crippen LogP contribution < -0.4 is 10.6 Å². The summed E-state index contributed by atoms with van der Waals surface area (Å²) >= 11 is 0. The molecule has 0 rings (SSSR count). The van der Waals surface area contributed by atoms with Crippen molar-refractivity contribution < 1.29 is 4.74 Å².